The molecule has 0 aliphatic rings. The summed E-state index contributed by atoms with van der Waals surface area (Å²) in [5.74, 6) is 0.189. The molecule has 0 heterocycles. The molecule has 0 radical (unpaired) electrons. The van der Waals surface area contributed by atoms with Gasteiger partial charge in [0.15, 0.2) is 6.61 Å². The second-order valence-corrected chi connectivity index (χ2v) is 6.59. The normalized spacial score (nSPS) is 10.7. The predicted molar refractivity (Wildman–Crippen MR) is 103 cm³/mol. The third kappa shape index (κ3) is 7.58. The average Bonchev–Trinajstić information content (AvgIpc) is 2.61. The van der Waals surface area contributed by atoms with Gasteiger partial charge < -0.3 is 9.84 Å². The van der Waals surface area contributed by atoms with Crippen molar-refractivity contribution in [2.75, 3.05) is 12.4 Å². The summed E-state index contributed by atoms with van der Waals surface area (Å²) < 4.78 is 5.03. The number of amides is 1. The van der Waals surface area contributed by atoms with Crippen molar-refractivity contribution in [2.24, 2.45) is 5.10 Å². The van der Waals surface area contributed by atoms with Gasteiger partial charge in [-0.2, -0.15) is 5.10 Å². The Bertz CT molecular complexity index is 781. The second kappa shape index (κ2) is 10.5. The van der Waals surface area contributed by atoms with Crippen LogP contribution in [0.25, 0.3) is 0 Å². The quantitative estimate of drug-likeness (QED) is 0.505. The Hall–Kier alpha value is -2.51. The van der Waals surface area contributed by atoms with Gasteiger partial charge in [-0.05, 0) is 47.5 Å². The molecular weight excluding hydrogens is 376 g/mol. The van der Waals surface area contributed by atoms with Gasteiger partial charge in [0, 0.05) is 10.8 Å². The largest absolute Gasteiger partial charge is 0.482 e. The topological polar surface area (TPSA) is 88.0 Å². The number of hydrazone groups is 1. The minimum absolute atomic E-state index is 0.199. The number of aliphatic carboxylic acids is 1. The summed E-state index contributed by atoms with van der Waals surface area (Å²) in [5, 5.41) is 13.1. The van der Waals surface area contributed by atoms with Crippen LogP contribution in [0.1, 0.15) is 11.1 Å². The number of carbonyl (C=O) groups excluding carboxylic acids is 1. The smallest absolute Gasteiger partial charge is 0.341 e. The third-order valence-electron chi connectivity index (χ3n) is 3.04. The number of hydrogen-bond acceptors (Lipinski definition) is 5. The lowest BCUT2D eigenvalue weighted by Crippen LogP contribution is -2.19. The molecule has 2 rings (SSSR count). The zero-order valence-corrected chi connectivity index (χ0v) is 15.3. The molecular formula is C18H17ClN2O4S. The molecule has 0 bridgehead atoms. The maximum atomic E-state index is 11.7. The highest BCUT2D eigenvalue weighted by Gasteiger charge is 2.02. The molecule has 0 aromatic heterocycles. The SMILES string of the molecule is O=C(O)COc1ccc(C=NNC(=O)CSCc2cccc(Cl)c2)cc1. The van der Waals surface area contributed by atoms with Crippen molar-refractivity contribution >= 4 is 41.5 Å². The number of rotatable bonds is 9. The molecule has 0 aliphatic carbocycles. The van der Waals surface area contributed by atoms with E-state index in [9.17, 15) is 9.59 Å². The summed E-state index contributed by atoms with van der Waals surface area (Å²) in [7, 11) is 0. The van der Waals surface area contributed by atoms with Gasteiger partial charge >= 0.3 is 5.97 Å². The van der Waals surface area contributed by atoms with Crippen molar-refractivity contribution in [1.29, 1.82) is 0 Å². The summed E-state index contributed by atoms with van der Waals surface area (Å²) in [4.78, 5) is 22.2. The highest BCUT2D eigenvalue weighted by molar-refractivity contribution is 7.99. The standard InChI is InChI=1S/C18H17ClN2O4S/c19-15-3-1-2-14(8-15)11-26-12-17(22)21-20-9-13-4-6-16(7-5-13)25-10-18(23)24/h1-9H,10-12H2,(H,21,22)(H,23,24). The number of halogens is 1. The van der Waals surface area contributed by atoms with E-state index < -0.39 is 12.6 Å². The van der Waals surface area contributed by atoms with Gasteiger partial charge in [-0.3, -0.25) is 4.79 Å². The summed E-state index contributed by atoms with van der Waals surface area (Å²) in [6.45, 7) is -0.393. The van der Waals surface area contributed by atoms with E-state index >= 15 is 0 Å². The first-order valence-electron chi connectivity index (χ1n) is 7.61. The summed E-state index contributed by atoms with van der Waals surface area (Å²) in [5.41, 5.74) is 4.27. The minimum atomic E-state index is -1.04. The Balaban J connectivity index is 1.70. The molecule has 0 fully saturated rings. The highest BCUT2D eigenvalue weighted by Crippen LogP contribution is 2.16. The van der Waals surface area contributed by atoms with E-state index in [0.717, 1.165) is 11.1 Å². The van der Waals surface area contributed by atoms with Crippen LogP contribution in [0.2, 0.25) is 5.02 Å². The van der Waals surface area contributed by atoms with Crippen molar-refractivity contribution in [3.05, 3.63) is 64.7 Å². The van der Waals surface area contributed by atoms with Crippen molar-refractivity contribution in [1.82, 2.24) is 5.43 Å². The van der Waals surface area contributed by atoms with Crippen LogP contribution in [0.3, 0.4) is 0 Å². The number of carboxylic acid groups (broad SMARTS) is 1. The lowest BCUT2D eigenvalue weighted by Gasteiger charge is -2.03. The Morgan fingerprint density at radius 1 is 1.23 bits per heavy atom. The van der Waals surface area contributed by atoms with Crippen molar-refractivity contribution < 1.29 is 19.4 Å². The van der Waals surface area contributed by atoms with E-state index in [1.165, 1.54) is 18.0 Å². The molecule has 136 valence electrons. The highest BCUT2D eigenvalue weighted by atomic mass is 35.5. The lowest BCUT2D eigenvalue weighted by atomic mass is 10.2. The molecule has 2 aromatic carbocycles. The van der Waals surface area contributed by atoms with Crippen molar-refractivity contribution in [2.45, 2.75) is 5.75 Å². The molecule has 0 saturated carbocycles. The summed E-state index contributed by atoms with van der Waals surface area (Å²) in [6.07, 6.45) is 1.50. The number of thioether (sulfide) groups is 1. The number of nitrogens with one attached hydrogen (secondary N) is 1. The van der Waals surface area contributed by atoms with E-state index in [-0.39, 0.29) is 11.7 Å². The van der Waals surface area contributed by atoms with Crippen LogP contribution >= 0.6 is 23.4 Å². The van der Waals surface area contributed by atoms with Crippen LogP contribution in [0.4, 0.5) is 0 Å². The number of hydrogen-bond donors (Lipinski definition) is 2. The van der Waals surface area contributed by atoms with Crippen LogP contribution in [0, 0.1) is 0 Å². The molecule has 2 N–H and O–H groups in total. The van der Waals surface area contributed by atoms with Crippen molar-refractivity contribution in [3.8, 4) is 5.75 Å². The zero-order chi connectivity index (χ0) is 18.8. The first-order chi connectivity index (χ1) is 12.5. The number of benzene rings is 2. The molecule has 1 amide bonds. The molecule has 0 spiro atoms. The van der Waals surface area contributed by atoms with Crippen LogP contribution < -0.4 is 10.2 Å². The maximum absolute atomic E-state index is 11.7. The fourth-order valence-electron chi connectivity index (χ4n) is 1.89. The third-order valence-corrected chi connectivity index (χ3v) is 4.28. The summed E-state index contributed by atoms with van der Waals surface area (Å²) in [6, 6.07) is 14.2. The van der Waals surface area contributed by atoms with Crippen LogP contribution in [0.15, 0.2) is 53.6 Å². The first kappa shape index (κ1) is 19.8. The van der Waals surface area contributed by atoms with Gasteiger partial charge in [-0.25, -0.2) is 10.2 Å². The molecule has 26 heavy (non-hydrogen) atoms. The number of nitrogens with zero attached hydrogens (tertiary/aromatic N) is 1. The Kier molecular flexibility index (Phi) is 7.98. The van der Waals surface area contributed by atoms with Crippen molar-refractivity contribution in [3.63, 3.8) is 0 Å². The Morgan fingerprint density at radius 2 is 2.00 bits per heavy atom. The number of ether oxygens (including phenoxy) is 1. The number of carboxylic acids is 1. The van der Waals surface area contributed by atoms with Crippen LogP contribution in [-0.2, 0) is 15.3 Å². The van der Waals surface area contributed by atoms with E-state index in [2.05, 4.69) is 10.5 Å². The van der Waals surface area contributed by atoms with Crippen LogP contribution in [0.5, 0.6) is 5.75 Å². The molecule has 0 atom stereocenters. The monoisotopic (exact) mass is 392 g/mol. The fraction of sp³-hybridized carbons (Fsp3) is 0.167. The molecule has 2 aromatic rings. The number of carbonyl (C=O) groups is 2. The predicted octanol–water partition coefficient (Wildman–Crippen LogP) is 3.19. The summed E-state index contributed by atoms with van der Waals surface area (Å²) >= 11 is 7.38. The minimum Gasteiger partial charge on any atom is -0.482 e. The van der Waals surface area contributed by atoms with E-state index in [4.69, 9.17) is 21.4 Å². The van der Waals surface area contributed by atoms with Gasteiger partial charge in [0.25, 0.3) is 0 Å². The molecule has 0 saturated heterocycles. The van der Waals surface area contributed by atoms with Gasteiger partial charge in [0.05, 0.1) is 12.0 Å². The first-order valence-corrected chi connectivity index (χ1v) is 9.15. The second-order valence-electron chi connectivity index (χ2n) is 5.17. The van der Waals surface area contributed by atoms with Gasteiger partial charge in [-0.15, -0.1) is 11.8 Å². The molecule has 0 aliphatic heterocycles. The van der Waals surface area contributed by atoms with Gasteiger partial charge in [0.2, 0.25) is 5.91 Å². The van der Waals surface area contributed by atoms with Crippen LogP contribution in [-0.4, -0.2) is 35.6 Å². The van der Waals surface area contributed by atoms with E-state index in [1.807, 2.05) is 24.3 Å². The van der Waals surface area contributed by atoms with E-state index in [0.29, 0.717) is 16.5 Å². The molecule has 0 unspecified atom stereocenters. The van der Waals surface area contributed by atoms with Gasteiger partial charge in [-0.1, -0.05) is 23.7 Å². The molecule has 6 nitrogen and oxygen atoms in total. The van der Waals surface area contributed by atoms with Gasteiger partial charge in [0.1, 0.15) is 5.75 Å². The van der Waals surface area contributed by atoms with E-state index in [1.54, 1.807) is 24.3 Å². The zero-order valence-electron chi connectivity index (χ0n) is 13.7. The average molecular weight is 393 g/mol. The molecule has 8 heteroatoms. The lowest BCUT2D eigenvalue weighted by molar-refractivity contribution is -0.139. The Labute approximate surface area is 160 Å². The fourth-order valence-corrected chi connectivity index (χ4v) is 2.87. The maximum Gasteiger partial charge on any atom is 0.341 e. The Morgan fingerprint density at radius 3 is 2.69 bits per heavy atom.